The predicted octanol–water partition coefficient (Wildman–Crippen LogP) is 8.83. The molecule has 0 fully saturated rings. The summed E-state index contributed by atoms with van der Waals surface area (Å²) in [7, 11) is 4.11. The Labute approximate surface area is 226 Å². The Morgan fingerprint density at radius 2 is 0.972 bits per heavy atom. The van der Waals surface area contributed by atoms with Crippen molar-refractivity contribution in [3.05, 3.63) is 48.5 Å². The maximum atomic E-state index is 6.11. The van der Waals surface area contributed by atoms with Gasteiger partial charge in [-0.15, -0.1) is 0 Å². The minimum atomic E-state index is -2.32. The quantitative estimate of drug-likeness (QED) is 0.112. The van der Waals surface area contributed by atoms with Crippen molar-refractivity contribution in [3.8, 4) is 11.5 Å². The first-order chi connectivity index (χ1) is 17.5. The first-order valence-corrected chi connectivity index (χ1v) is 22.2. The number of unbranched alkanes of at least 4 members (excludes halogenated alkanes) is 6. The van der Waals surface area contributed by atoms with E-state index in [2.05, 4.69) is 88.3 Å². The van der Waals surface area contributed by atoms with Crippen LogP contribution in [0.2, 0.25) is 13.3 Å². The molecule has 3 nitrogen and oxygen atoms in total. The van der Waals surface area contributed by atoms with Gasteiger partial charge in [0.2, 0.25) is 0 Å². The van der Waals surface area contributed by atoms with Crippen LogP contribution in [0.15, 0.2) is 48.5 Å². The minimum absolute atomic E-state index is 0.783. The summed E-state index contributed by atoms with van der Waals surface area (Å²) in [6, 6.07) is 17.7. The summed E-state index contributed by atoms with van der Waals surface area (Å²) < 4.78 is 18.3. The summed E-state index contributed by atoms with van der Waals surface area (Å²) in [6.07, 6.45) is 12.8. The molecule has 0 amide bonds. The van der Waals surface area contributed by atoms with Crippen LogP contribution in [0.25, 0.3) is 0 Å². The van der Waals surface area contributed by atoms with E-state index in [4.69, 9.17) is 9.47 Å². The molecule has 0 heterocycles. The fourth-order valence-corrected chi connectivity index (χ4v) is 21.0. The standard InChI is InChI=1S/C20H26NO2.3C4H9.Sn/c1-21(2)18-12-14-20(15-13-18)23-17-9-4-3-8-16-22-19-10-6-5-7-11-19;3*1-3-4-2;/h6-7,10-15H,3-4,8-9,16-17H2,1-2H3;3*1,3-4H2,2H3;. The SMILES string of the molecule is CCC[CH2][Sn]([CH2]CCC)([CH2]CCC)[c]1ccc(OCCCCCCOc2ccc(N(C)C)cc2)cc1. The van der Waals surface area contributed by atoms with Gasteiger partial charge in [0, 0.05) is 19.8 Å². The van der Waals surface area contributed by atoms with Crippen LogP contribution in [0.4, 0.5) is 5.69 Å². The van der Waals surface area contributed by atoms with Crippen LogP contribution in [0.1, 0.15) is 85.0 Å². The summed E-state index contributed by atoms with van der Waals surface area (Å²) in [6.45, 7) is 8.65. The van der Waals surface area contributed by atoms with Crippen LogP contribution in [-0.2, 0) is 0 Å². The molecule has 0 radical (unpaired) electrons. The molecule has 202 valence electrons. The molecule has 4 heteroatoms. The monoisotopic (exact) mass is 603 g/mol. The predicted molar refractivity (Wildman–Crippen MR) is 161 cm³/mol. The fourth-order valence-electron chi connectivity index (χ4n) is 5.04. The molecule has 2 aromatic rings. The van der Waals surface area contributed by atoms with Gasteiger partial charge >= 0.3 is 173 Å². The van der Waals surface area contributed by atoms with Crippen molar-refractivity contribution in [3.63, 3.8) is 0 Å². The molecule has 36 heavy (non-hydrogen) atoms. The Hall–Kier alpha value is -1.36. The fraction of sp³-hybridized carbons (Fsp3) is 0.625. The second kappa shape index (κ2) is 18.0. The first kappa shape index (κ1) is 30.9. The molecule has 0 unspecified atom stereocenters. The van der Waals surface area contributed by atoms with Crippen LogP contribution < -0.4 is 18.0 Å². The van der Waals surface area contributed by atoms with E-state index in [1.807, 2.05) is 0 Å². The molecule has 2 rings (SSSR count). The van der Waals surface area contributed by atoms with Crippen molar-refractivity contribution in [1.29, 1.82) is 0 Å². The molecule has 0 atom stereocenters. The number of hydrogen-bond acceptors (Lipinski definition) is 3. The van der Waals surface area contributed by atoms with Crippen LogP contribution >= 0.6 is 0 Å². The molecule has 0 spiro atoms. The number of hydrogen-bond donors (Lipinski definition) is 0. The summed E-state index contributed by atoms with van der Waals surface area (Å²) >= 11 is -2.32. The third-order valence-corrected chi connectivity index (χ3v) is 23.1. The van der Waals surface area contributed by atoms with E-state index in [0.717, 1.165) is 37.6 Å². The van der Waals surface area contributed by atoms with Crippen LogP contribution in [0, 0.1) is 0 Å². The Balaban J connectivity index is 1.72. The van der Waals surface area contributed by atoms with Crippen molar-refractivity contribution >= 4 is 27.6 Å². The molecule has 0 saturated carbocycles. The number of nitrogens with zero attached hydrogens (tertiary/aromatic N) is 1. The van der Waals surface area contributed by atoms with Gasteiger partial charge in [0.1, 0.15) is 5.75 Å². The van der Waals surface area contributed by atoms with Crippen molar-refractivity contribution in [2.75, 3.05) is 32.2 Å². The van der Waals surface area contributed by atoms with E-state index in [1.54, 1.807) is 3.58 Å². The van der Waals surface area contributed by atoms with E-state index in [-0.39, 0.29) is 0 Å². The summed E-state index contributed by atoms with van der Waals surface area (Å²) in [5, 5.41) is 0. The topological polar surface area (TPSA) is 21.7 Å². The Morgan fingerprint density at radius 1 is 0.556 bits per heavy atom. The number of rotatable bonds is 20. The number of anilines is 1. The van der Waals surface area contributed by atoms with Gasteiger partial charge in [-0.1, -0.05) is 0 Å². The van der Waals surface area contributed by atoms with E-state index in [9.17, 15) is 0 Å². The summed E-state index contributed by atoms with van der Waals surface area (Å²) in [5.74, 6) is 2.00. The molecule has 2 aromatic carbocycles. The summed E-state index contributed by atoms with van der Waals surface area (Å²) in [5.41, 5.74) is 1.20. The zero-order valence-corrected chi connectivity index (χ0v) is 26.8. The Kier molecular flexibility index (Phi) is 15.4. The molecule has 0 N–H and O–H groups in total. The molecule has 0 aromatic heterocycles. The van der Waals surface area contributed by atoms with E-state index in [0.29, 0.717) is 0 Å². The Morgan fingerprint density at radius 3 is 1.36 bits per heavy atom. The van der Waals surface area contributed by atoms with Crippen molar-refractivity contribution in [2.24, 2.45) is 0 Å². The normalized spacial score (nSPS) is 11.5. The van der Waals surface area contributed by atoms with Gasteiger partial charge in [-0.2, -0.15) is 0 Å². The van der Waals surface area contributed by atoms with E-state index < -0.39 is 18.4 Å². The van der Waals surface area contributed by atoms with Gasteiger partial charge in [-0.3, -0.25) is 0 Å². The molecule has 0 aliphatic rings. The summed E-state index contributed by atoms with van der Waals surface area (Å²) in [4.78, 5) is 2.10. The van der Waals surface area contributed by atoms with Crippen LogP contribution in [-0.4, -0.2) is 45.7 Å². The van der Waals surface area contributed by atoms with Crippen molar-refractivity contribution in [2.45, 2.75) is 98.3 Å². The average Bonchev–Trinajstić information content (AvgIpc) is 2.90. The van der Waals surface area contributed by atoms with E-state index >= 15 is 0 Å². The zero-order chi connectivity index (χ0) is 26.1. The second-order valence-corrected chi connectivity index (χ2v) is 23.9. The molecule has 0 aliphatic heterocycles. The molecule has 0 bridgehead atoms. The van der Waals surface area contributed by atoms with Gasteiger partial charge in [0.25, 0.3) is 0 Å². The molecular formula is C32H53NO2Sn. The molecular weight excluding hydrogens is 549 g/mol. The van der Waals surface area contributed by atoms with Gasteiger partial charge in [-0.05, 0) is 24.3 Å². The third-order valence-electron chi connectivity index (χ3n) is 7.42. The van der Waals surface area contributed by atoms with Crippen molar-refractivity contribution < 1.29 is 9.47 Å². The zero-order valence-electron chi connectivity index (χ0n) is 24.0. The van der Waals surface area contributed by atoms with Gasteiger partial charge < -0.3 is 4.90 Å². The number of ether oxygens (including phenoxy) is 2. The van der Waals surface area contributed by atoms with Crippen LogP contribution in [0.3, 0.4) is 0 Å². The Bertz CT molecular complexity index is 782. The second-order valence-electron chi connectivity index (χ2n) is 10.6. The first-order valence-electron chi connectivity index (χ1n) is 14.7. The molecule has 0 aliphatic carbocycles. The van der Waals surface area contributed by atoms with Crippen molar-refractivity contribution in [1.82, 2.24) is 0 Å². The third kappa shape index (κ3) is 10.9. The average molecular weight is 602 g/mol. The number of benzene rings is 2. The molecule has 0 saturated heterocycles. The van der Waals surface area contributed by atoms with Crippen LogP contribution in [0.5, 0.6) is 11.5 Å². The van der Waals surface area contributed by atoms with Gasteiger partial charge in [0.15, 0.2) is 0 Å². The maximum absolute atomic E-state index is 6.11. The van der Waals surface area contributed by atoms with Gasteiger partial charge in [0.05, 0.1) is 0 Å². The van der Waals surface area contributed by atoms with Gasteiger partial charge in [-0.25, -0.2) is 0 Å². The van der Waals surface area contributed by atoms with E-state index in [1.165, 1.54) is 70.4 Å².